The fourth-order valence-corrected chi connectivity index (χ4v) is 1.78. The first-order valence-corrected chi connectivity index (χ1v) is 5.87. The Bertz CT molecular complexity index is 492. The molecule has 17 heavy (non-hydrogen) atoms. The first kappa shape index (κ1) is 12.3. The van der Waals surface area contributed by atoms with Crippen LogP contribution in [0.25, 0.3) is 5.65 Å². The molecule has 0 aliphatic rings. The molecule has 5 N–H and O–H groups in total. The fraction of sp³-hybridized carbons (Fsp3) is 0.364. The van der Waals surface area contributed by atoms with Gasteiger partial charge >= 0.3 is 0 Å². The molecule has 2 aromatic rings. The molecule has 0 unspecified atom stereocenters. The van der Waals surface area contributed by atoms with Crippen molar-refractivity contribution in [1.82, 2.24) is 14.7 Å². The van der Waals surface area contributed by atoms with Crippen molar-refractivity contribution in [3.8, 4) is 0 Å². The van der Waals surface area contributed by atoms with E-state index >= 15 is 0 Å². The van der Waals surface area contributed by atoms with E-state index in [9.17, 15) is 0 Å². The molecule has 6 heteroatoms. The topological polar surface area (TPSA) is 81.4 Å². The molecule has 0 radical (unpaired) electrons. The summed E-state index contributed by atoms with van der Waals surface area (Å²) in [6.07, 6.45) is 3.77. The van der Waals surface area contributed by atoms with Crippen molar-refractivity contribution in [3.63, 3.8) is 0 Å². The minimum absolute atomic E-state index is 0.128. The average molecular weight is 254 g/mol. The Hall–Kier alpha value is -1.14. The summed E-state index contributed by atoms with van der Waals surface area (Å²) in [5.74, 6) is 0. The zero-order valence-electron chi connectivity index (χ0n) is 9.44. The molecule has 0 amide bonds. The number of hydrogen-bond donors (Lipinski definition) is 3. The maximum Gasteiger partial charge on any atom is 0.137 e. The Morgan fingerprint density at radius 2 is 2.06 bits per heavy atom. The summed E-state index contributed by atoms with van der Waals surface area (Å²) in [5, 5.41) is 3.94. The number of rotatable bonds is 5. The van der Waals surface area contributed by atoms with Crippen LogP contribution in [0.2, 0.25) is 5.02 Å². The normalized spacial score (nSPS) is 11.5. The highest BCUT2D eigenvalue weighted by atomic mass is 35.5. The van der Waals surface area contributed by atoms with Crippen LogP contribution >= 0.6 is 11.6 Å². The molecule has 5 nitrogen and oxygen atoms in total. The predicted molar refractivity (Wildman–Crippen MR) is 68.9 cm³/mol. The Morgan fingerprint density at radius 1 is 1.29 bits per heavy atom. The Balaban J connectivity index is 2.09. The van der Waals surface area contributed by atoms with Crippen LogP contribution in [0.5, 0.6) is 0 Å². The number of imidazole rings is 1. The van der Waals surface area contributed by atoms with E-state index in [0.717, 1.165) is 11.3 Å². The van der Waals surface area contributed by atoms with Crippen molar-refractivity contribution in [3.05, 3.63) is 35.2 Å². The van der Waals surface area contributed by atoms with E-state index in [4.69, 9.17) is 23.1 Å². The molecule has 0 atom stereocenters. The van der Waals surface area contributed by atoms with Crippen molar-refractivity contribution in [2.75, 3.05) is 13.1 Å². The monoisotopic (exact) mass is 253 g/mol. The van der Waals surface area contributed by atoms with Gasteiger partial charge in [0.05, 0.1) is 10.7 Å². The minimum Gasteiger partial charge on any atom is -0.329 e. The molecule has 0 saturated heterocycles. The molecular formula is C11H16ClN5. The number of halogens is 1. The average Bonchev–Trinajstić information content (AvgIpc) is 2.72. The first-order chi connectivity index (χ1) is 8.22. The van der Waals surface area contributed by atoms with Gasteiger partial charge in [0.25, 0.3) is 0 Å². The number of nitrogens with one attached hydrogen (secondary N) is 1. The molecule has 2 aromatic heterocycles. The number of nitrogens with zero attached hydrogens (tertiary/aromatic N) is 2. The van der Waals surface area contributed by atoms with Gasteiger partial charge in [0.15, 0.2) is 0 Å². The lowest BCUT2D eigenvalue weighted by molar-refractivity contribution is 0.523. The van der Waals surface area contributed by atoms with Gasteiger partial charge in [-0.15, -0.1) is 0 Å². The van der Waals surface area contributed by atoms with E-state index in [-0.39, 0.29) is 6.04 Å². The Labute approximate surface area is 105 Å². The molecule has 2 heterocycles. The van der Waals surface area contributed by atoms with Crippen LogP contribution in [-0.4, -0.2) is 28.5 Å². The van der Waals surface area contributed by atoms with Crippen LogP contribution in [0, 0.1) is 0 Å². The summed E-state index contributed by atoms with van der Waals surface area (Å²) in [6.45, 7) is 1.70. The van der Waals surface area contributed by atoms with Gasteiger partial charge in [0.1, 0.15) is 5.65 Å². The summed E-state index contributed by atoms with van der Waals surface area (Å²) < 4.78 is 1.90. The zero-order chi connectivity index (χ0) is 12.3. The van der Waals surface area contributed by atoms with Crippen LogP contribution in [0.4, 0.5) is 0 Å². The third-order valence-corrected chi connectivity index (χ3v) is 2.83. The van der Waals surface area contributed by atoms with Crippen LogP contribution in [-0.2, 0) is 6.54 Å². The van der Waals surface area contributed by atoms with Gasteiger partial charge < -0.3 is 21.2 Å². The molecule has 92 valence electrons. The van der Waals surface area contributed by atoms with Crippen molar-refractivity contribution in [1.29, 1.82) is 0 Å². The second kappa shape index (κ2) is 5.46. The van der Waals surface area contributed by atoms with E-state index in [2.05, 4.69) is 10.3 Å². The molecule has 0 spiro atoms. The van der Waals surface area contributed by atoms with E-state index in [1.807, 2.05) is 28.9 Å². The highest BCUT2D eigenvalue weighted by Crippen LogP contribution is 2.11. The van der Waals surface area contributed by atoms with Crippen LogP contribution in [0.1, 0.15) is 5.69 Å². The molecule has 0 fully saturated rings. The van der Waals surface area contributed by atoms with Crippen LogP contribution < -0.4 is 16.8 Å². The van der Waals surface area contributed by atoms with Crippen molar-refractivity contribution in [2.45, 2.75) is 12.6 Å². The maximum atomic E-state index is 5.90. The SMILES string of the molecule is NCC(CN)NCc1cn2cc(Cl)ccc2n1. The maximum absolute atomic E-state index is 5.90. The van der Waals surface area contributed by atoms with Gasteiger partial charge in [-0.2, -0.15) is 0 Å². The highest BCUT2D eigenvalue weighted by molar-refractivity contribution is 6.30. The predicted octanol–water partition coefficient (Wildman–Crippen LogP) is 0.363. The number of fused-ring (bicyclic) bond motifs is 1. The quantitative estimate of drug-likeness (QED) is 0.719. The van der Waals surface area contributed by atoms with Crippen LogP contribution in [0.15, 0.2) is 24.5 Å². The molecule has 2 rings (SSSR count). The van der Waals surface area contributed by atoms with Crippen LogP contribution in [0.3, 0.4) is 0 Å². The largest absolute Gasteiger partial charge is 0.329 e. The first-order valence-electron chi connectivity index (χ1n) is 5.49. The second-order valence-electron chi connectivity index (χ2n) is 3.89. The summed E-state index contributed by atoms with van der Waals surface area (Å²) in [5.41, 5.74) is 12.9. The molecule has 0 bridgehead atoms. The molecular weight excluding hydrogens is 238 g/mol. The van der Waals surface area contributed by atoms with E-state index in [1.54, 1.807) is 0 Å². The van der Waals surface area contributed by atoms with Crippen molar-refractivity contribution in [2.24, 2.45) is 11.5 Å². The second-order valence-corrected chi connectivity index (χ2v) is 4.33. The van der Waals surface area contributed by atoms with Gasteiger partial charge in [0.2, 0.25) is 0 Å². The summed E-state index contributed by atoms with van der Waals surface area (Å²) >= 11 is 5.90. The third-order valence-electron chi connectivity index (χ3n) is 2.61. The van der Waals surface area contributed by atoms with Gasteiger partial charge in [-0.25, -0.2) is 4.98 Å². The van der Waals surface area contributed by atoms with E-state index in [1.165, 1.54) is 0 Å². The number of pyridine rings is 1. The van der Waals surface area contributed by atoms with E-state index in [0.29, 0.717) is 24.7 Å². The number of nitrogens with two attached hydrogens (primary N) is 2. The fourth-order valence-electron chi connectivity index (χ4n) is 1.61. The molecule has 0 saturated carbocycles. The highest BCUT2D eigenvalue weighted by Gasteiger charge is 2.05. The molecule has 0 aromatic carbocycles. The standard InChI is InChI=1S/C11H16ClN5/c12-8-1-2-11-16-10(7-17(11)6-8)5-15-9(3-13)4-14/h1-2,6-7,9,15H,3-5,13-14H2. The molecule has 0 aliphatic heterocycles. The van der Waals surface area contributed by atoms with E-state index < -0.39 is 0 Å². The lowest BCUT2D eigenvalue weighted by Crippen LogP contribution is -2.41. The number of aromatic nitrogens is 2. The minimum atomic E-state index is 0.128. The lowest BCUT2D eigenvalue weighted by atomic mass is 10.3. The third kappa shape index (κ3) is 2.95. The molecule has 0 aliphatic carbocycles. The summed E-state index contributed by atoms with van der Waals surface area (Å²) in [7, 11) is 0. The van der Waals surface area contributed by atoms with Gasteiger partial charge in [-0.05, 0) is 12.1 Å². The van der Waals surface area contributed by atoms with Crippen molar-refractivity contribution >= 4 is 17.2 Å². The Morgan fingerprint density at radius 3 is 2.76 bits per heavy atom. The van der Waals surface area contributed by atoms with Gasteiger partial charge in [0, 0.05) is 38.1 Å². The van der Waals surface area contributed by atoms with Gasteiger partial charge in [-0.1, -0.05) is 11.6 Å². The zero-order valence-corrected chi connectivity index (χ0v) is 10.2. The summed E-state index contributed by atoms with van der Waals surface area (Å²) in [4.78, 5) is 4.45. The number of hydrogen-bond acceptors (Lipinski definition) is 4. The van der Waals surface area contributed by atoms with Crippen molar-refractivity contribution < 1.29 is 0 Å². The smallest absolute Gasteiger partial charge is 0.137 e. The van der Waals surface area contributed by atoms with Gasteiger partial charge in [-0.3, -0.25) is 0 Å². The Kier molecular flexibility index (Phi) is 3.96. The lowest BCUT2D eigenvalue weighted by Gasteiger charge is -2.12. The summed E-state index contributed by atoms with van der Waals surface area (Å²) in [6, 6.07) is 3.84.